The van der Waals surface area contributed by atoms with Gasteiger partial charge in [0.05, 0.1) is 17.8 Å². The molecule has 0 radical (unpaired) electrons. The fraction of sp³-hybridized carbons (Fsp3) is 0.143. The van der Waals surface area contributed by atoms with Crippen LogP contribution in [0.4, 0.5) is 23.2 Å². The lowest BCUT2D eigenvalue weighted by molar-refractivity contribution is -0.139. The van der Waals surface area contributed by atoms with Gasteiger partial charge in [-0.3, -0.25) is 9.20 Å². The van der Waals surface area contributed by atoms with E-state index < -0.39 is 17.6 Å². The third kappa shape index (κ3) is 3.19. The Hall–Kier alpha value is -2.42. The van der Waals surface area contributed by atoms with Crippen molar-refractivity contribution in [2.24, 2.45) is 0 Å². The van der Waals surface area contributed by atoms with Gasteiger partial charge in [-0.05, 0) is 18.2 Å². The van der Waals surface area contributed by atoms with Gasteiger partial charge in [0, 0.05) is 23.3 Å². The van der Waals surface area contributed by atoms with Gasteiger partial charge in [-0.25, -0.2) is 9.37 Å². The van der Waals surface area contributed by atoms with Crippen LogP contribution < -0.4 is 10.9 Å². The number of alkyl halides is 3. The summed E-state index contributed by atoms with van der Waals surface area (Å²) in [4.78, 5) is 16.5. The second kappa shape index (κ2) is 5.65. The molecule has 0 fully saturated rings. The zero-order valence-corrected chi connectivity index (χ0v) is 12.2. The molecule has 1 N–H and O–H groups in total. The first-order valence-electron chi connectivity index (χ1n) is 6.41. The molecule has 3 rings (SSSR count). The lowest BCUT2D eigenvalue weighted by Gasteiger charge is -2.11. The Kier molecular flexibility index (Phi) is 3.80. The molecular weight excluding hydrogens is 334 g/mol. The number of rotatable bonds is 3. The molecular formula is C14H9F4N3OS. The molecule has 9 heteroatoms. The highest BCUT2D eigenvalue weighted by Gasteiger charge is 2.34. The van der Waals surface area contributed by atoms with Crippen LogP contribution in [0.2, 0.25) is 0 Å². The van der Waals surface area contributed by atoms with E-state index in [0.29, 0.717) is 16.7 Å². The summed E-state index contributed by atoms with van der Waals surface area (Å²) >= 11 is 1.27. The van der Waals surface area contributed by atoms with Gasteiger partial charge in [0.15, 0.2) is 4.96 Å². The number of benzene rings is 1. The van der Waals surface area contributed by atoms with Crippen molar-refractivity contribution in [1.29, 1.82) is 0 Å². The summed E-state index contributed by atoms with van der Waals surface area (Å²) in [6, 6.07) is 3.92. The van der Waals surface area contributed by atoms with Crippen molar-refractivity contribution in [3.05, 3.63) is 63.3 Å². The van der Waals surface area contributed by atoms with Gasteiger partial charge in [-0.1, -0.05) is 0 Å². The van der Waals surface area contributed by atoms with E-state index in [1.54, 1.807) is 11.6 Å². The Bertz CT molecular complexity index is 916. The van der Waals surface area contributed by atoms with Crippen LogP contribution in [-0.4, -0.2) is 9.38 Å². The summed E-state index contributed by atoms with van der Waals surface area (Å²) in [7, 11) is 0. The number of thiazole rings is 1. The first kappa shape index (κ1) is 15.5. The average molecular weight is 343 g/mol. The van der Waals surface area contributed by atoms with Crippen molar-refractivity contribution in [1.82, 2.24) is 9.38 Å². The van der Waals surface area contributed by atoms with Crippen LogP contribution in [0.25, 0.3) is 4.96 Å². The number of anilines is 1. The van der Waals surface area contributed by atoms with E-state index in [4.69, 9.17) is 0 Å². The Morgan fingerprint density at radius 1 is 1.26 bits per heavy atom. The molecule has 0 saturated heterocycles. The quantitative estimate of drug-likeness (QED) is 0.740. The van der Waals surface area contributed by atoms with Gasteiger partial charge >= 0.3 is 6.18 Å². The summed E-state index contributed by atoms with van der Waals surface area (Å²) in [5.41, 5.74) is -1.14. The number of nitrogens with one attached hydrogen (secondary N) is 1. The van der Waals surface area contributed by atoms with Crippen LogP contribution in [0, 0.1) is 5.82 Å². The van der Waals surface area contributed by atoms with E-state index in [-0.39, 0.29) is 17.8 Å². The lowest BCUT2D eigenvalue weighted by Crippen LogP contribution is -2.15. The van der Waals surface area contributed by atoms with Gasteiger partial charge < -0.3 is 5.32 Å². The number of aromatic nitrogens is 2. The molecule has 2 aromatic heterocycles. The van der Waals surface area contributed by atoms with Crippen molar-refractivity contribution >= 4 is 22.0 Å². The number of nitrogens with zero attached hydrogens (tertiary/aromatic N) is 2. The fourth-order valence-electron chi connectivity index (χ4n) is 2.02. The standard InChI is InChI=1S/C14H9F4N3OS/c15-11-2-1-8(5-10(11)14(16,17)18)19-7-9-6-12(22)21-3-4-23-13(21)20-9/h1-6,19H,7H2. The van der Waals surface area contributed by atoms with Crippen molar-refractivity contribution in [2.45, 2.75) is 12.7 Å². The molecule has 3 aromatic rings. The second-order valence-electron chi connectivity index (χ2n) is 4.69. The minimum Gasteiger partial charge on any atom is -0.379 e. The minimum absolute atomic E-state index is 0.0482. The molecule has 0 spiro atoms. The normalized spacial score (nSPS) is 11.8. The molecule has 0 aliphatic carbocycles. The van der Waals surface area contributed by atoms with Crippen molar-refractivity contribution < 1.29 is 17.6 Å². The molecule has 2 heterocycles. The summed E-state index contributed by atoms with van der Waals surface area (Å²) in [5.74, 6) is -1.33. The average Bonchev–Trinajstić information content (AvgIpc) is 2.94. The zero-order valence-electron chi connectivity index (χ0n) is 11.4. The second-order valence-corrected chi connectivity index (χ2v) is 5.56. The number of hydrogen-bond acceptors (Lipinski definition) is 4. The SMILES string of the molecule is O=c1cc(CNc2ccc(F)c(C(F)(F)F)c2)nc2sccn12. The fourth-order valence-corrected chi connectivity index (χ4v) is 2.76. The molecule has 1 aromatic carbocycles. The Balaban J connectivity index is 1.83. The maximum Gasteiger partial charge on any atom is 0.419 e. The lowest BCUT2D eigenvalue weighted by atomic mass is 10.2. The molecule has 0 saturated carbocycles. The van der Waals surface area contributed by atoms with Gasteiger partial charge in [-0.2, -0.15) is 13.2 Å². The summed E-state index contributed by atoms with van der Waals surface area (Å²) in [5, 5.41) is 4.42. The van der Waals surface area contributed by atoms with Crippen LogP contribution in [0.15, 0.2) is 40.6 Å². The predicted molar refractivity (Wildman–Crippen MR) is 78.1 cm³/mol. The van der Waals surface area contributed by atoms with Gasteiger partial charge in [0.25, 0.3) is 5.56 Å². The summed E-state index contributed by atoms with van der Waals surface area (Å²) in [6.45, 7) is 0.0482. The summed E-state index contributed by atoms with van der Waals surface area (Å²) < 4.78 is 52.6. The Labute approximate surface area is 131 Å². The van der Waals surface area contributed by atoms with Crippen LogP contribution in [0.5, 0.6) is 0 Å². The van der Waals surface area contributed by atoms with E-state index in [2.05, 4.69) is 10.3 Å². The van der Waals surface area contributed by atoms with Gasteiger partial charge in [0.1, 0.15) is 5.82 Å². The highest BCUT2D eigenvalue weighted by molar-refractivity contribution is 7.15. The predicted octanol–water partition coefficient (Wildman–Crippen LogP) is 3.53. The van der Waals surface area contributed by atoms with Crippen LogP contribution in [0.1, 0.15) is 11.3 Å². The van der Waals surface area contributed by atoms with Crippen molar-refractivity contribution in [3.8, 4) is 0 Å². The number of hydrogen-bond donors (Lipinski definition) is 1. The maximum atomic E-state index is 13.2. The van der Waals surface area contributed by atoms with Crippen LogP contribution in [-0.2, 0) is 12.7 Å². The highest BCUT2D eigenvalue weighted by atomic mass is 32.1. The van der Waals surface area contributed by atoms with Crippen LogP contribution in [0.3, 0.4) is 0 Å². The van der Waals surface area contributed by atoms with Crippen LogP contribution >= 0.6 is 11.3 Å². The third-order valence-electron chi connectivity index (χ3n) is 3.10. The zero-order chi connectivity index (χ0) is 16.6. The van der Waals surface area contributed by atoms with E-state index in [1.165, 1.54) is 27.9 Å². The molecule has 0 atom stereocenters. The van der Waals surface area contributed by atoms with E-state index in [0.717, 1.165) is 6.07 Å². The maximum absolute atomic E-state index is 13.2. The first-order chi connectivity index (χ1) is 10.8. The minimum atomic E-state index is -4.77. The van der Waals surface area contributed by atoms with E-state index in [9.17, 15) is 22.4 Å². The molecule has 120 valence electrons. The molecule has 0 unspecified atom stereocenters. The van der Waals surface area contributed by atoms with Crippen molar-refractivity contribution in [2.75, 3.05) is 5.32 Å². The van der Waals surface area contributed by atoms with Gasteiger partial charge in [-0.15, -0.1) is 11.3 Å². The highest BCUT2D eigenvalue weighted by Crippen LogP contribution is 2.33. The molecule has 23 heavy (non-hydrogen) atoms. The topological polar surface area (TPSA) is 46.4 Å². The number of fused-ring (bicyclic) bond motifs is 1. The smallest absolute Gasteiger partial charge is 0.379 e. The summed E-state index contributed by atoms with van der Waals surface area (Å²) in [6.07, 6.45) is -3.18. The monoisotopic (exact) mass is 343 g/mol. The van der Waals surface area contributed by atoms with Gasteiger partial charge in [0.2, 0.25) is 0 Å². The third-order valence-corrected chi connectivity index (χ3v) is 3.86. The Morgan fingerprint density at radius 2 is 2.04 bits per heavy atom. The Morgan fingerprint density at radius 3 is 2.78 bits per heavy atom. The van der Waals surface area contributed by atoms with E-state index >= 15 is 0 Å². The van der Waals surface area contributed by atoms with Crippen molar-refractivity contribution in [3.63, 3.8) is 0 Å². The molecule has 0 bridgehead atoms. The number of halogens is 4. The first-order valence-corrected chi connectivity index (χ1v) is 7.29. The largest absolute Gasteiger partial charge is 0.419 e. The molecule has 0 aliphatic heterocycles. The molecule has 4 nitrogen and oxygen atoms in total. The molecule has 0 aliphatic rings. The molecule has 0 amide bonds. The van der Waals surface area contributed by atoms with E-state index in [1.807, 2.05) is 0 Å².